The lowest BCUT2D eigenvalue weighted by molar-refractivity contribution is -0.113. The summed E-state index contributed by atoms with van der Waals surface area (Å²) in [6.45, 7) is 0.252. The van der Waals surface area contributed by atoms with E-state index in [2.05, 4.69) is 21.4 Å². The van der Waals surface area contributed by atoms with Crippen LogP contribution in [-0.2, 0) is 4.79 Å². The van der Waals surface area contributed by atoms with E-state index in [-0.39, 0.29) is 17.8 Å². The molecule has 0 spiro atoms. The molecule has 1 atom stereocenters. The molecule has 0 bridgehead atoms. The van der Waals surface area contributed by atoms with Gasteiger partial charge in [-0.1, -0.05) is 18.1 Å². The van der Waals surface area contributed by atoms with Crippen molar-refractivity contribution in [1.82, 2.24) is 10.2 Å². The molecule has 1 unspecified atom stereocenters. The van der Waals surface area contributed by atoms with Gasteiger partial charge in [0.2, 0.25) is 5.91 Å². The number of nitrogens with one attached hydrogen (secondary N) is 2. The van der Waals surface area contributed by atoms with E-state index in [0.717, 1.165) is 16.9 Å². The van der Waals surface area contributed by atoms with Gasteiger partial charge >= 0.3 is 0 Å². The number of carbonyl (C=O) groups excluding carboxylic acids is 1. The number of ether oxygens (including phenoxy) is 1. The molecule has 5 nitrogen and oxygen atoms in total. The van der Waals surface area contributed by atoms with Gasteiger partial charge in [-0.15, -0.1) is 18.2 Å². The average Bonchev–Trinajstić information content (AvgIpc) is 2.88. The largest absolute Gasteiger partial charge is 0.481 e. The summed E-state index contributed by atoms with van der Waals surface area (Å²) in [4.78, 5) is 11.7. The highest BCUT2D eigenvalue weighted by molar-refractivity contribution is 8.00. The van der Waals surface area contributed by atoms with Crippen LogP contribution in [0.5, 0.6) is 5.75 Å². The second-order valence-electron chi connectivity index (χ2n) is 4.50. The summed E-state index contributed by atoms with van der Waals surface area (Å²) in [5, 5.41) is 9.71. The lowest BCUT2D eigenvalue weighted by Crippen LogP contribution is -2.12. The maximum atomic E-state index is 11.7. The molecule has 1 aliphatic heterocycles. The molecule has 0 fully saturated rings. The second-order valence-corrected chi connectivity index (χ2v) is 5.59. The molecular weight excluding hydrogens is 286 g/mol. The zero-order chi connectivity index (χ0) is 14.7. The number of rotatable bonds is 3. The number of aromatic nitrogens is 2. The number of aromatic amines is 1. The highest BCUT2D eigenvalue weighted by Gasteiger charge is 2.25. The van der Waals surface area contributed by atoms with E-state index in [1.165, 1.54) is 0 Å². The number of H-pyrrole nitrogens is 1. The van der Waals surface area contributed by atoms with Crippen LogP contribution < -0.4 is 10.1 Å². The molecule has 0 saturated heterocycles. The van der Waals surface area contributed by atoms with Crippen molar-refractivity contribution in [2.24, 2.45) is 0 Å². The lowest BCUT2D eigenvalue weighted by Gasteiger charge is -2.14. The minimum absolute atomic E-state index is 0.0260. The predicted molar refractivity (Wildman–Crippen MR) is 82.3 cm³/mol. The van der Waals surface area contributed by atoms with Crippen LogP contribution in [0, 0.1) is 12.3 Å². The topological polar surface area (TPSA) is 67.0 Å². The molecule has 1 aliphatic rings. The van der Waals surface area contributed by atoms with Gasteiger partial charge in [-0.25, -0.2) is 0 Å². The number of amides is 1. The van der Waals surface area contributed by atoms with Crippen molar-refractivity contribution < 1.29 is 9.53 Å². The zero-order valence-corrected chi connectivity index (χ0v) is 11.9. The molecular formula is C15H13N3O2S. The number of benzene rings is 1. The fourth-order valence-corrected chi connectivity index (χ4v) is 3.26. The summed E-state index contributed by atoms with van der Waals surface area (Å²) < 4.78 is 5.37. The van der Waals surface area contributed by atoms with E-state index in [4.69, 9.17) is 11.2 Å². The molecule has 21 heavy (non-hydrogen) atoms. The zero-order valence-electron chi connectivity index (χ0n) is 11.1. The Labute approximate surface area is 126 Å². The van der Waals surface area contributed by atoms with Crippen molar-refractivity contribution in [2.75, 3.05) is 17.7 Å². The Kier molecular flexibility index (Phi) is 3.84. The van der Waals surface area contributed by atoms with Crippen molar-refractivity contribution in [2.45, 2.75) is 5.25 Å². The summed E-state index contributed by atoms with van der Waals surface area (Å²) in [6, 6.07) is 7.73. The molecule has 0 saturated carbocycles. The molecule has 0 radical (unpaired) electrons. The van der Waals surface area contributed by atoms with Gasteiger partial charge in [-0.3, -0.25) is 9.89 Å². The quantitative estimate of drug-likeness (QED) is 0.853. The van der Waals surface area contributed by atoms with Crippen molar-refractivity contribution in [3.8, 4) is 18.1 Å². The average molecular weight is 299 g/mol. The summed E-state index contributed by atoms with van der Waals surface area (Å²) in [7, 11) is 0. The Bertz CT molecular complexity index is 688. The van der Waals surface area contributed by atoms with Gasteiger partial charge in [0.05, 0.1) is 17.2 Å². The number of fused-ring (bicyclic) bond motifs is 1. The first-order valence-corrected chi connectivity index (χ1v) is 7.44. The normalized spacial score (nSPS) is 17.3. The molecule has 3 rings (SSSR count). The van der Waals surface area contributed by atoms with Crippen molar-refractivity contribution in [3.05, 3.63) is 41.6 Å². The summed E-state index contributed by atoms with van der Waals surface area (Å²) >= 11 is 1.57. The highest BCUT2D eigenvalue weighted by atomic mass is 32.2. The fourth-order valence-electron chi connectivity index (χ4n) is 2.16. The van der Waals surface area contributed by atoms with Gasteiger partial charge in [0.25, 0.3) is 0 Å². The molecule has 0 aliphatic carbocycles. The van der Waals surface area contributed by atoms with Gasteiger partial charge in [-0.2, -0.15) is 5.10 Å². The van der Waals surface area contributed by atoms with Crippen molar-refractivity contribution in [3.63, 3.8) is 0 Å². The fraction of sp³-hybridized carbons (Fsp3) is 0.200. The van der Waals surface area contributed by atoms with Crippen LogP contribution in [0.4, 0.5) is 5.82 Å². The molecule has 1 amide bonds. The smallest absolute Gasteiger partial charge is 0.235 e. The SMILES string of the molecule is C#CCOc1ccc(C2SCC(=O)Nc3[nH]ncc32)cc1. The number of hydrogen-bond acceptors (Lipinski definition) is 4. The van der Waals surface area contributed by atoms with Crippen LogP contribution in [0.25, 0.3) is 0 Å². The summed E-state index contributed by atoms with van der Waals surface area (Å²) in [5.74, 6) is 4.21. The molecule has 2 heterocycles. The van der Waals surface area contributed by atoms with E-state index in [1.807, 2.05) is 24.3 Å². The van der Waals surface area contributed by atoms with Crippen molar-refractivity contribution >= 4 is 23.5 Å². The monoisotopic (exact) mass is 299 g/mol. The first-order valence-electron chi connectivity index (χ1n) is 6.39. The summed E-state index contributed by atoms with van der Waals surface area (Å²) in [6.07, 6.45) is 6.92. The van der Waals surface area contributed by atoms with E-state index < -0.39 is 0 Å². The second kappa shape index (κ2) is 5.94. The Balaban J connectivity index is 1.87. The predicted octanol–water partition coefficient (Wildman–Crippen LogP) is 2.20. The number of terminal acetylenes is 1. The van der Waals surface area contributed by atoms with Gasteiger partial charge in [0, 0.05) is 5.56 Å². The van der Waals surface area contributed by atoms with Crippen LogP contribution >= 0.6 is 11.8 Å². The van der Waals surface area contributed by atoms with Crippen LogP contribution in [0.3, 0.4) is 0 Å². The van der Waals surface area contributed by atoms with Crippen LogP contribution in [-0.4, -0.2) is 28.5 Å². The number of nitrogens with zero attached hydrogens (tertiary/aromatic N) is 1. The number of hydrogen-bond donors (Lipinski definition) is 2. The van der Waals surface area contributed by atoms with E-state index >= 15 is 0 Å². The van der Waals surface area contributed by atoms with Crippen LogP contribution in [0.2, 0.25) is 0 Å². The molecule has 2 aromatic rings. The maximum Gasteiger partial charge on any atom is 0.235 e. The third kappa shape index (κ3) is 2.88. The van der Waals surface area contributed by atoms with E-state index in [1.54, 1.807) is 18.0 Å². The third-order valence-electron chi connectivity index (χ3n) is 3.10. The van der Waals surface area contributed by atoms with Gasteiger partial charge in [0.15, 0.2) is 0 Å². The van der Waals surface area contributed by atoms with E-state index in [9.17, 15) is 4.79 Å². The Morgan fingerprint density at radius 2 is 2.24 bits per heavy atom. The standard InChI is InChI=1S/C15H13N3O2S/c1-2-7-20-11-5-3-10(4-6-11)14-12-8-16-18-15(12)17-13(19)9-21-14/h1,3-6,8,14H,7,9H2,(H2,16,17,18,19). The van der Waals surface area contributed by atoms with Gasteiger partial charge in [-0.05, 0) is 17.7 Å². The summed E-state index contributed by atoms with van der Waals surface area (Å²) in [5.41, 5.74) is 2.07. The maximum absolute atomic E-state index is 11.7. The van der Waals surface area contributed by atoms with Crippen LogP contribution in [0.1, 0.15) is 16.4 Å². The highest BCUT2D eigenvalue weighted by Crippen LogP contribution is 2.40. The molecule has 1 aromatic carbocycles. The van der Waals surface area contributed by atoms with E-state index in [0.29, 0.717) is 11.6 Å². The van der Waals surface area contributed by atoms with Gasteiger partial charge < -0.3 is 10.1 Å². The minimum atomic E-state index is -0.0260. The Hall–Kier alpha value is -2.39. The molecule has 6 heteroatoms. The number of anilines is 1. The van der Waals surface area contributed by atoms with Gasteiger partial charge in [0.1, 0.15) is 18.2 Å². The van der Waals surface area contributed by atoms with Crippen LogP contribution in [0.15, 0.2) is 30.5 Å². The minimum Gasteiger partial charge on any atom is -0.481 e. The molecule has 106 valence electrons. The third-order valence-corrected chi connectivity index (χ3v) is 4.39. The van der Waals surface area contributed by atoms with Crippen molar-refractivity contribution in [1.29, 1.82) is 0 Å². The Morgan fingerprint density at radius 1 is 1.43 bits per heavy atom. The first-order chi connectivity index (χ1) is 10.3. The molecule has 1 aromatic heterocycles. The lowest BCUT2D eigenvalue weighted by atomic mass is 10.1. The number of thioether (sulfide) groups is 1. The first kappa shape index (κ1) is 13.6. The molecule has 2 N–H and O–H groups in total. The Morgan fingerprint density at radius 3 is 3.00 bits per heavy atom. The number of carbonyl (C=O) groups is 1.